The van der Waals surface area contributed by atoms with Crippen LogP contribution in [0.1, 0.15) is 42.3 Å². The quantitative estimate of drug-likeness (QED) is 0.243. The van der Waals surface area contributed by atoms with Crippen LogP contribution in [0.3, 0.4) is 0 Å². The van der Waals surface area contributed by atoms with Crippen molar-refractivity contribution in [2.45, 2.75) is 33.7 Å². The maximum Gasteiger partial charge on any atom is 0.196 e. The van der Waals surface area contributed by atoms with Crippen molar-refractivity contribution in [3.8, 4) is 23.5 Å². The number of terminal acetylenes is 1. The lowest BCUT2D eigenvalue weighted by atomic mass is 9.98. The summed E-state index contributed by atoms with van der Waals surface area (Å²) in [5.74, 6) is 3.03. The predicted molar refractivity (Wildman–Crippen MR) is 145 cm³/mol. The SMILES string of the molecule is C#C/C=C\C(=C/C)c1oc2c(C(C)Nc3ccccc3-c3ccncc3)cc(C)cc2c(=O)c1C. The van der Waals surface area contributed by atoms with Crippen molar-refractivity contribution in [2.75, 3.05) is 5.32 Å². The molecule has 4 heteroatoms. The molecule has 2 heterocycles. The summed E-state index contributed by atoms with van der Waals surface area (Å²) in [6.07, 6.45) is 14.3. The van der Waals surface area contributed by atoms with Gasteiger partial charge in [-0.1, -0.05) is 36.3 Å². The van der Waals surface area contributed by atoms with E-state index < -0.39 is 0 Å². The van der Waals surface area contributed by atoms with Gasteiger partial charge in [0.2, 0.25) is 0 Å². The molecule has 1 unspecified atom stereocenters. The Morgan fingerprint density at radius 3 is 2.60 bits per heavy atom. The number of pyridine rings is 1. The number of rotatable bonds is 6. The molecule has 1 N–H and O–H groups in total. The van der Waals surface area contributed by atoms with Gasteiger partial charge in [-0.15, -0.1) is 6.42 Å². The summed E-state index contributed by atoms with van der Waals surface area (Å²) in [7, 11) is 0. The Bertz CT molecular complexity index is 1540. The van der Waals surface area contributed by atoms with Crippen LogP contribution in [0.25, 0.3) is 27.7 Å². The lowest BCUT2D eigenvalue weighted by molar-refractivity contribution is 0.574. The van der Waals surface area contributed by atoms with Gasteiger partial charge in [0.25, 0.3) is 0 Å². The second-order valence-electron chi connectivity index (χ2n) is 8.51. The molecule has 35 heavy (non-hydrogen) atoms. The summed E-state index contributed by atoms with van der Waals surface area (Å²) in [6.45, 7) is 7.76. The van der Waals surface area contributed by atoms with Crippen LogP contribution in [0.5, 0.6) is 0 Å². The minimum absolute atomic E-state index is 0.0379. The first-order chi connectivity index (χ1) is 16.9. The molecule has 0 aliphatic rings. The molecule has 0 saturated carbocycles. The highest BCUT2D eigenvalue weighted by molar-refractivity contribution is 5.86. The van der Waals surface area contributed by atoms with Gasteiger partial charge in [0.05, 0.1) is 11.4 Å². The third kappa shape index (κ3) is 4.81. The Kier molecular flexibility index (Phi) is 6.98. The average molecular weight is 461 g/mol. The van der Waals surface area contributed by atoms with Gasteiger partial charge in [0, 0.05) is 40.3 Å². The van der Waals surface area contributed by atoms with Gasteiger partial charge in [0.15, 0.2) is 5.43 Å². The Labute approximate surface area is 206 Å². The van der Waals surface area contributed by atoms with E-state index >= 15 is 0 Å². The van der Waals surface area contributed by atoms with Crippen LogP contribution >= 0.6 is 0 Å². The molecule has 0 aliphatic heterocycles. The molecule has 4 nitrogen and oxygen atoms in total. The summed E-state index contributed by atoms with van der Waals surface area (Å²) in [4.78, 5) is 17.5. The van der Waals surface area contributed by atoms with E-state index in [-0.39, 0.29) is 11.5 Å². The zero-order valence-electron chi connectivity index (χ0n) is 20.4. The molecule has 0 saturated heterocycles. The van der Waals surface area contributed by atoms with E-state index in [1.165, 1.54) is 0 Å². The number of para-hydroxylation sites is 1. The van der Waals surface area contributed by atoms with Gasteiger partial charge in [-0.25, -0.2) is 0 Å². The van der Waals surface area contributed by atoms with Crippen LogP contribution in [0.15, 0.2) is 88.4 Å². The van der Waals surface area contributed by atoms with Crippen molar-refractivity contribution in [2.24, 2.45) is 0 Å². The molecular weight excluding hydrogens is 432 g/mol. The Morgan fingerprint density at radius 2 is 1.89 bits per heavy atom. The Balaban J connectivity index is 1.85. The molecule has 2 aromatic heterocycles. The monoisotopic (exact) mass is 460 g/mol. The number of benzene rings is 2. The molecule has 0 radical (unpaired) electrons. The first-order valence-electron chi connectivity index (χ1n) is 11.6. The van der Waals surface area contributed by atoms with Gasteiger partial charge in [-0.05, 0) is 75.2 Å². The number of nitrogens with one attached hydrogen (secondary N) is 1. The van der Waals surface area contributed by atoms with Crippen LogP contribution in [0.4, 0.5) is 5.69 Å². The minimum atomic E-state index is -0.130. The molecule has 4 aromatic rings. The molecule has 0 bridgehead atoms. The van der Waals surface area contributed by atoms with Crippen molar-refractivity contribution < 1.29 is 4.42 Å². The molecule has 0 fully saturated rings. The van der Waals surface area contributed by atoms with E-state index in [9.17, 15) is 4.79 Å². The van der Waals surface area contributed by atoms with Crippen LogP contribution in [0, 0.1) is 26.2 Å². The van der Waals surface area contributed by atoms with E-state index in [4.69, 9.17) is 10.8 Å². The molecular formula is C31H28N2O2. The Morgan fingerprint density at radius 1 is 1.14 bits per heavy atom. The second kappa shape index (κ2) is 10.3. The molecule has 0 amide bonds. The number of hydrogen-bond acceptors (Lipinski definition) is 4. The average Bonchev–Trinajstić information content (AvgIpc) is 2.88. The summed E-state index contributed by atoms with van der Waals surface area (Å²) < 4.78 is 6.45. The van der Waals surface area contributed by atoms with Crippen molar-refractivity contribution in [3.63, 3.8) is 0 Å². The topological polar surface area (TPSA) is 55.1 Å². The highest BCUT2D eigenvalue weighted by Gasteiger charge is 2.19. The summed E-state index contributed by atoms with van der Waals surface area (Å²) in [5.41, 5.74) is 6.93. The van der Waals surface area contributed by atoms with Crippen molar-refractivity contribution in [3.05, 3.63) is 112 Å². The second-order valence-corrected chi connectivity index (χ2v) is 8.51. The number of nitrogens with zero attached hydrogens (tertiary/aromatic N) is 1. The maximum atomic E-state index is 13.4. The smallest absolute Gasteiger partial charge is 0.196 e. The fourth-order valence-electron chi connectivity index (χ4n) is 4.31. The number of fused-ring (bicyclic) bond motifs is 1. The largest absolute Gasteiger partial charge is 0.455 e. The van der Waals surface area contributed by atoms with E-state index in [1.807, 2.05) is 50.3 Å². The Hall–Kier alpha value is -4.36. The fourth-order valence-corrected chi connectivity index (χ4v) is 4.31. The lowest BCUT2D eigenvalue weighted by Crippen LogP contribution is -2.13. The van der Waals surface area contributed by atoms with Crippen LogP contribution in [-0.4, -0.2) is 4.98 Å². The predicted octanol–water partition coefficient (Wildman–Crippen LogP) is 7.24. The fraction of sp³-hybridized carbons (Fsp3) is 0.161. The summed E-state index contributed by atoms with van der Waals surface area (Å²) >= 11 is 0. The van der Waals surface area contributed by atoms with Crippen molar-refractivity contribution in [1.82, 2.24) is 4.98 Å². The third-order valence-corrected chi connectivity index (χ3v) is 6.08. The molecule has 0 aliphatic carbocycles. The molecule has 4 rings (SSSR count). The minimum Gasteiger partial charge on any atom is -0.455 e. The normalized spacial score (nSPS) is 12.6. The first kappa shape index (κ1) is 23.8. The third-order valence-electron chi connectivity index (χ3n) is 6.08. The van der Waals surface area contributed by atoms with Crippen LogP contribution in [-0.2, 0) is 0 Å². The number of hydrogen-bond donors (Lipinski definition) is 1. The van der Waals surface area contributed by atoms with Gasteiger partial charge >= 0.3 is 0 Å². The van der Waals surface area contributed by atoms with Crippen LogP contribution in [0.2, 0.25) is 0 Å². The highest BCUT2D eigenvalue weighted by Crippen LogP contribution is 2.34. The van der Waals surface area contributed by atoms with Crippen LogP contribution < -0.4 is 10.7 Å². The van der Waals surface area contributed by atoms with E-state index in [2.05, 4.69) is 41.3 Å². The van der Waals surface area contributed by atoms with E-state index in [0.29, 0.717) is 22.3 Å². The summed E-state index contributed by atoms with van der Waals surface area (Å²) in [5, 5.41) is 4.22. The number of aromatic nitrogens is 1. The number of anilines is 1. The maximum absolute atomic E-state index is 13.4. The molecule has 174 valence electrons. The zero-order chi connectivity index (χ0) is 24.9. The van der Waals surface area contributed by atoms with Crippen molar-refractivity contribution >= 4 is 22.2 Å². The van der Waals surface area contributed by atoms with Gasteiger partial charge in [0.1, 0.15) is 11.3 Å². The van der Waals surface area contributed by atoms with Gasteiger partial charge in [-0.3, -0.25) is 9.78 Å². The lowest BCUT2D eigenvalue weighted by Gasteiger charge is -2.21. The van der Waals surface area contributed by atoms with E-state index in [1.54, 1.807) is 31.5 Å². The molecule has 0 spiro atoms. The van der Waals surface area contributed by atoms with Crippen molar-refractivity contribution in [1.29, 1.82) is 0 Å². The standard InChI is InChI=1S/C31H28N2O2/c1-6-8-11-23(7-2)30-21(4)29(34)27-19-20(3)18-26(31(27)35-30)22(5)33-28-13-10-9-12-25(28)24-14-16-32-17-15-24/h1,7-19,22,33H,2-5H3/b11-8-,23-7+. The highest BCUT2D eigenvalue weighted by atomic mass is 16.3. The number of allylic oxidation sites excluding steroid dienone is 4. The van der Waals surface area contributed by atoms with Gasteiger partial charge in [-0.2, -0.15) is 0 Å². The van der Waals surface area contributed by atoms with Gasteiger partial charge < -0.3 is 9.73 Å². The zero-order valence-corrected chi connectivity index (χ0v) is 20.4. The number of aryl methyl sites for hydroxylation is 1. The molecule has 2 aromatic carbocycles. The van der Waals surface area contributed by atoms with E-state index in [0.717, 1.165) is 33.5 Å². The molecule has 1 atom stereocenters. The first-order valence-corrected chi connectivity index (χ1v) is 11.6. The summed E-state index contributed by atoms with van der Waals surface area (Å²) in [6, 6.07) is 16.0.